The molecule has 0 bridgehead atoms. The van der Waals surface area contributed by atoms with Crippen LogP contribution in [0.5, 0.6) is 0 Å². The van der Waals surface area contributed by atoms with Gasteiger partial charge in [-0.2, -0.15) is 0 Å². The molecule has 0 saturated carbocycles. The Hall–Kier alpha value is -1.86. The summed E-state index contributed by atoms with van der Waals surface area (Å²) in [6.45, 7) is 3.75. The van der Waals surface area contributed by atoms with Crippen LogP contribution in [0.15, 0.2) is 12.1 Å². The van der Waals surface area contributed by atoms with Crippen molar-refractivity contribution in [2.24, 2.45) is 5.92 Å². The molecule has 116 valence electrons. The third-order valence-electron chi connectivity index (χ3n) is 3.09. The van der Waals surface area contributed by atoms with Gasteiger partial charge < -0.3 is 15.5 Å². The number of carbonyl (C=O) groups is 1. The van der Waals surface area contributed by atoms with Gasteiger partial charge in [0.2, 0.25) is 0 Å². The zero-order chi connectivity index (χ0) is 16.2. The summed E-state index contributed by atoms with van der Waals surface area (Å²) in [6.07, 6.45) is 0.407. The molecule has 1 aromatic rings. The van der Waals surface area contributed by atoms with Crippen molar-refractivity contribution in [1.82, 2.24) is 0 Å². The molecule has 0 fully saturated rings. The maximum atomic E-state index is 11.3. The number of rotatable bonds is 7. The van der Waals surface area contributed by atoms with Crippen molar-refractivity contribution in [2.75, 3.05) is 11.9 Å². The number of nitro benzene ring substituents is 1. The molecule has 0 radical (unpaired) electrons. The summed E-state index contributed by atoms with van der Waals surface area (Å²) in [6, 6.07) is 1.87. The van der Waals surface area contributed by atoms with Gasteiger partial charge in [-0.15, -0.1) is 0 Å². The minimum Gasteiger partial charge on any atom is -0.478 e. The highest BCUT2D eigenvalue weighted by atomic mass is 35.5. The number of benzene rings is 1. The summed E-state index contributed by atoms with van der Waals surface area (Å²) >= 11 is 5.98. The van der Waals surface area contributed by atoms with Gasteiger partial charge in [0, 0.05) is 24.8 Å². The number of carboxylic acids is 1. The van der Waals surface area contributed by atoms with E-state index < -0.39 is 10.9 Å². The molecular weight excluding hydrogens is 300 g/mol. The van der Waals surface area contributed by atoms with E-state index in [4.69, 9.17) is 16.7 Å². The lowest BCUT2D eigenvalue weighted by molar-refractivity contribution is -0.384. The lowest BCUT2D eigenvalue weighted by Crippen LogP contribution is -2.28. The van der Waals surface area contributed by atoms with Crippen LogP contribution in [0.1, 0.15) is 30.6 Å². The third kappa shape index (κ3) is 4.30. The Balaban J connectivity index is 3.27. The summed E-state index contributed by atoms with van der Waals surface area (Å²) in [4.78, 5) is 21.4. The van der Waals surface area contributed by atoms with Crippen LogP contribution >= 0.6 is 11.6 Å². The molecule has 1 atom stereocenters. The lowest BCUT2D eigenvalue weighted by Gasteiger charge is -2.24. The molecule has 7 nitrogen and oxygen atoms in total. The standard InChI is InChI=1S/C13H17ClN2O5/c1-7(2)11(3-4-17)15-12-9(13(18)19)5-8(16(20)21)6-10(12)14/h5-7,11,15,17H,3-4H2,1-2H3,(H,18,19). The summed E-state index contributed by atoms with van der Waals surface area (Å²) in [7, 11) is 0. The number of non-ortho nitro benzene ring substituents is 1. The van der Waals surface area contributed by atoms with Gasteiger partial charge in [-0.25, -0.2) is 4.79 Å². The molecular formula is C13H17ClN2O5. The average Bonchev–Trinajstić information content (AvgIpc) is 2.38. The highest BCUT2D eigenvalue weighted by Gasteiger charge is 2.23. The average molecular weight is 317 g/mol. The first-order valence-electron chi connectivity index (χ1n) is 6.36. The van der Waals surface area contributed by atoms with E-state index in [1.165, 1.54) is 0 Å². The van der Waals surface area contributed by atoms with E-state index in [1.807, 2.05) is 13.8 Å². The van der Waals surface area contributed by atoms with E-state index in [-0.39, 0.29) is 40.5 Å². The van der Waals surface area contributed by atoms with Crippen LogP contribution in [-0.4, -0.2) is 33.8 Å². The second kappa shape index (κ2) is 7.24. The summed E-state index contributed by atoms with van der Waals surface area (Å²) < 4.78 is 0. The summed E-state index contributed by atoms with van der Waals surface area (Å²) in [5, 5.41) is 32.0. The van der Waals surface area contributed by atoms with Gasteiger partial charge >= 0.3 is 5.97 Å². The SMILES string of the molecule is CC(C)C(CCO)Nc1c(Cl)cc([N+](=O)[O-])cc1C(=O)O. The van der Waals surface area contributed by atoms with Gasteiger partial charge in [-0.05, 0) is 12.3 Å². The van der Waals surface area contributed by atoms with Gasteiger partial charge in [0.25, 0.3) is 5.69 Å². The fourth-order valence-electron chi connectivity index (χ4n) is 1.91. The first-order valence-corrected chi connectivity index (χ1v) is 6.74. The number of hydrogen-bond donors (Lipinski definition) is 3. The van der Waals surface area contributed by atoms with Gasteiger partial charge in [-0.3, -0.25) is 10.1 Å². The van der Waals surface area contributed by atoms with Crippen molar-refractivity contribution < 1.29 is 19.9 Å². The predicted octanol–water partition coefficient (Wildman–Crippen LogP) is 2.77. The van der Waals surface area contributed by atoms with E-state index >= 15 is 0 Å². The zero-order valence-electron chi connectivity index (χ0n) is 11.7. The smallest absolute Gasteiger partial charge is 0.338 e. The van der Waals surface area contributed by atoms with E-state index in [2.05, 4.69) is 5.32 Å². The second-order valence-electron chi connectivity index (χ2n) is 4.92. The zero-order valence-corrected chi connectivity index (χ0v) is 12.4. The Morgan fingerprint density at radius 1 is 1.48 bits per heavy atom. The van der Waals surface area contributed by atoms with Crippen molar-refractivity contribution >= 4 is 28.9 Å². The molecule has 21 heavy (non-hydrogen) atoms. The van der Waals surface area contributed by atoms with Crippen LogP contribution in [0.2, 0.25) is 5.02 Å². The van der Waals surface area contributed by atoms with Crippen molar-refractivity contribution in [3.8, 4) is 0 Å². The number of nitro groups is 1. The third-order valence-corrected chi connectivity index (χ3v) is 3.39. The molecule has 0 aliphatic carbocycles. The van der Waals surface area contributed by atoms with Crippen LogP contribution in [-0.2, 0) is 0 Å². The van der Waals surface area contributed by atoms with Gasteiger partial charge in [-0.1, -0.05) is 25.4 Å². The Kier molecular flexibility index (Phi) is 5.92. The van der Waals surface area contributed by atoms with Crippen LogP contribution in [0.3, 0.4) is 0 Å². The number of aliphatic hydroxyl groups is 1. The highest BCUT2D eigenvalue weighted by Crippen LogP contribution is 2.33. The number of anilines is 1. The molecule has 8 heteroatoms. The second-order valence-corrected chi connectivity index (χ2v) is 5.33. The molecule has 0 saturated heterocycles. The number of halogens is 1. The molecule has 0 heterocycles. The quantitative estimate of drug-likeness (QED) is 0.526. The molecule has 0 amide bonds. The first kappa shape index (κ1) is 17.2. The normalized spacial score (nSPS) is 12.2. The first-order chi connectivity index (χ1) is 9.77. The molecule has 0 aliphatic rings. The number of aliphatic hydroxyl groups excluding tert-OH is 1. The monoisotopic (exact) mass is 316 g/mol. The largest absolute Gasteiger partial charge is 0.478 e. The van der Waals surface area contributed by atoms with Crippen molar-refractivity contribution in [2.45, 2.75) is 26.3 Å². The summed E-state index contributed by atoms with van der Waals surface area (Å²) in [5.74, 6) is -1.19. The Morgan fingerprint density at radius 2 is 2.10 bits per heavy atom. The Bertz CT molecular complexity index is 548. The lowest BCUT2D eigenvalue weighted by atomic mass is 10.00. The van der Waals surface area contributed by atoms with Gasteiger partial charge in [0.15, 0.2) is 0 Å². The maximum Gasteiger partial charge on any atom is 0.338 e. The van der Waals surface area contributed by atoms with Crippen molar-refractivity contribution in [1.29, 1.82) is 0 Å². The van der Waals surface area contributed by atoms with E-state index in [1.54, 1.807) is 0 Å². The number of hydrogen-bond acceptors (Lipinski definition) is 5. The fourth-order valence-corrected chi connectivity index (χ4v) is 2.18. The maximum absolute atomic E-state index is 11.3. The van der Waals surface area contributed by atoms with Crippen LogP contribution in [0, 0.1) is 16.0 Å². The molecule has 0 spiro atoms. The molecule has 1 rings (SSSR count). The van der Waals surface area contributed by atoms with Crippen LogP contribution < -0.4 is 5.32 Å². The van der Waals surface area contributed by atoms with Crippen molar-refractivity contribution in [3.05, 3.63) is 32.8 Å². The number of nitrogens with zero attached hydrogens (tertiary/aromatic N) is 1. The fraction of sp³-hybridized carbons (Fsp3) is 0.462. The van der Waals surface area contributed by atoms with Crippen LogP contribution in [0.4, 0.5) is 11.4 Å². The van der Waals surface area contributed by atoms with Gasteiger partial charge in [0.1, 0.15) is 0 Å². The van der Waals surface area contributed by atoms with E-state index in [0.29, 0.717) is 6.42 Å². The molecule has 0 aliphatic heterocycles. The van der Waals surface area contributed by atoms with E-state index in [0.717, 1.165) is 12.1 Å². The summed E-state index contributed by atoms with van der Waals surface area (Å²) in [5.41, 5.74) is -0.522. The highest BCUT2D eigenvalue weighted by molar-refractivity contribution is 6.34. The Morgan fingerprint density at radius 3 is 2.52 bits per heavy atom. The van der Waals surface area contributed by atoms with E-state index in [9.17, 15) is 20.0 Å². The minimum atomic E-state index is -1.31. The molecule has 1 unspecified atom stereocenters. The predicted molar refractivity (Wildman–Crippen MR) is 79.0 cm³/mol. The molecule has 3 N–H and O–H groups in total. The molecule has 1 aromatic carbocycles. The Labute approximate surface area is 126 Å². The minimum absolute atomic E-state index is 0.0369. The van der Waals surface area contributed by atoms with Crippen molar-refractivity contribution in [3.63, 3.8) is 0 Å². The molecule has 0 aromatic heterocycles. The van der Waals surface area contributed by atoms with Gasteiger partial charge in [0.05, 0.1) is 21.2 Å². The number of aromatic carboxylic acids is 1. The topological polar surface area (TPSA) is 113 Å². The number of nitrogens with one attached hydrogen (secondary N) is 1. The number of carboxylic acid groups (broad SMARTS) is 1. The van der Waals surface area contributed by atoms with Crippen LogP contribution in [0.25, 0.3) is 0 Å².